The fraction of sp³-hybridized carbons (Fsp3) is 0.250. The van der Waals surface area contributed by atoms with Crippen LogP contribution in [0.4, 0.5) is 0 Å². The summed E-state index contributed by atoms with van der Waals surface area (Å²) in [6.07, 6.45) is 2.51. The van der Waals surface area contributed by atoms with Crippen LogP contribution in [-0.4, -0.2) is 0 Å². The van der Waals surface area contributed by atoms with Crippen molar-refractivity contribution >= 4 is 45.2 Å². The third-order valence-corrected chi connectivity index (χ3v) is 7.78. The summed E-state index contributed by atoms with van der Waals surface area (Å²) in [5.74, 6) is 0. The standard InChI is InChI=1S/C16H12I2/c17-15-9-10-16(18,12-6-2-1-5-11(12)15)14-8-4-3-7-13(14)15/h1-8H,9-10H2. The van der Waals surface area contributed by atoms with Gasteiger partial charge in [0.2, 0.25) is 0 Å². The third-order valence-electron chi connectivity index (χ3n) is 4.38. The van der Waals surface area contributed by atoms with Gasteiger partial charge in [-0.3, -0.25) is 0 Å². The molecule has 0 atom stereocenters. The first-order valence-electron chi connectivity index (χ1n) is 6.24. The molecule has 3 aliphatic rings. The lowest BCUT2D eigenvalue weighted by molar-refractivity contribution is 0.489. The monoisotopic (exact) mass is 458 g/mol. The zero-order chi connectivity index (χ0) is 12.4. The Morgan fingerprint density at radius 1 is 0.611 bits per heavy atom. The molecule has 90 valence electrons. The van der Waals surface area contributed by atoms with Crippen LogP contribution in [-0.2, 0) is 6.84 Å². The van der Waals surface area contributed by atoms with Crippen molar-refractivity contribution in [2.75, 3.05) is 0 Å². The zero-order valence-electron chi connectivity index (χ0n) is 9.79. The molecular formula is C16H12I2. The molecule has 0 amide bonds. The van der Waals surface area contributed by atoms with Gasteiger partial charge in [0.05, 0.1) is 6.84 Å². The second kappa shape index (κ2) is 3.72. The van der Waals surface area contributed by atoms with Crippen LogP contribution in [0, 0.1) is 0 Å². The van der Waals surface area contributed by atoms with Gasteiger partial charge in [-0.25, -0.2) is 0 Å². The molecular weight excluding hydrogens is 446 g/mol. The minimum Gasteiger partial charge on any atom is -0.0684 e. The molecule has 0 aromatic heterocycles. The molecule has 0 radical (unpaired) electrons. The van der Waals surface area contributed by atoms with E-state index in [9.17, 15) is 0 Å². The van der Waals surface area contributed by atoms with E-state index in [0.29, 0.717) is 0 Å². The maximum Gasteiger partial charge on any atom is 0.0725 e. The van der Waals surface area contributed by atoms with Gasteiger partial charge in [-0.05, 0) is 35.1 Å². The molecule has 0 saturated heterocycles. The predicted molar refractivity (Wildman–Crippen MR) is 91.7 cm³/mol. The molecule has 0 fully saturated rings. The lowest BCUT2D eigenvalue weighted by Gasteiger charge is -2.50. The van der Waals surface area contributed by atoms with Crippen LogP contribution < -0.4 is 0 Å². The Balaban J connectivity index is 2.16. The summed E-state index contributed by atoms with van der Waals surface area (Å²) in [5.41, 5.74) is 6.13. The van der Waals surface area contributed by atoms with E-state index in [1.807, 2.05) is 0 Å². The summed E-state index contributed by atoms with van der Waals surface area (Å²) in [6.45, 7) is 0. The first-order chi connectivity index (χ1) is 8.66. The predicted octanol–water partition coefficient (Wildman–Crippen LogP) is 5.15. The largest absolute Gasteiger partial charge is 0.0725 e. The van der Waals surface area contributed by atoms with Crippen LogP contribution in [0.3, 0.4) is 0 Å². The average Bonchev–Trinajstić information content (AvgIpc) is 2.43. The molecule has 0 spiro atoms. The summed E-state index contributed by atoms with van der Waals surface area (Å²) in [6, 6.07) is 18.0. The van der Waals surface area contributed by atoms with E-state index in [-0.39, 0.29) is 6.84 Å². The van der Waals surface area contributed by atoms with Crippen molar-refractivity contribution in [2.45, 2.75) is 19.7 Å². The number of fused-ring (bicyclic) bond motifs is 1. The van der Waals surface area contributed by atoms with Crippen LogP contribution in [0.2, 0.25) is 0 Å². The zero-order valence-corrected chi connectivity index (χ0v) is 14.1. The number of hydrogen-bond donors (Lipinski definition) is 0. The van der Waals surface area contributed by atoms with Gasteiger partial charge in [0.1, 0.15) is 0 Å². The molecule has 2 heteroatoms. The number of alkyl halides is 2. The van der Waals surface area contributed by atoms with E-state index < -0.39 is 0 Å². The van der Waals surface area contributed by atoms with Crippen molar-refractivity contribution < 1.29 is 0 Å². The Morgan fingerprint density at radius 2 is 0.889 bits per heavy atom. The smallest absolute Gasteiger partial charge is 0.0684 e. The fourth-order valence-corrected chi connectivity index (χ4v) is 5.94. The van der Waals surface area contributed by atoms with Crippen LogP contribution in [0.5, 0.6) is 0 Å². The molecule has 2 aromatic carbocycles. The Bertz CT molecular complexity index is 542. The lowest BCUT2D eigenvalue weighted by Crippen LogP contribution is -2.42. The summed E-state index contributed by atoms with van der Waals surface area (Å²) in [7, 11) is 0. The van der Waals surface area contributed by atoms with Crippen molar-refractivity contribution in [1.82, 2.24) is 0 Å². The summed E-state index contributed by atoms with van der Waals surface area (Å²) < 4.78 is 0.385. The van der Waals surface area contributed by atoms with Crippen molar-refractivity contribution in [3.63, 3.8) is 0 Å². The first kappa shape index (κ1) is 11.7. The Labute approximate surface area is 134 Å². The van der Waals surface area contributed by atoms with Gasteiger partial charge < -0.3 is 0 Å². The molecule has 0 nitrogen and oxygen atoms in total. The van der Waals surface area contributed by atoms with Gasteiger partial charge in [-0.2, -0.15) is 0 Å². The van der Waals surface area contributed by atoms with Gasteiger partial charge >= 0.3 is 0 Å². The highest BCUT2D eigenvalue weighted by Crippen LogP contribution is 2.64. The molecule has 2 aromatic rings. The molecule has 0 saturated carbocycles. The number of benzene rings is 2. The van der Waals surface area contributed by atoms with Gasteiger partial charge in [0.15, 0.2) is 0 Å². The van der Waals surface area contributed by atoms with Crippen LogP contribution in [0.25, 0.3) is 0 Å². The van der Waals surface area contributed by atoms with Crippen molar-refractivity contribution in [3.8, 4) is 0 Å². The van der Waals surface area contributed by atoms with E-state index in [2.05, 4.69) is 93.7 Å². The molecule has 0 heterocycles. The average molecular weight is 458 g/mol. The van der Waals surface area contributed by atoms with Gasteiger partial charge in [-0.1, -0.05) is 93.7 Å². The van der Waals surface area contributed by atoms with E-state index in [1.165, 1.54) is 35.1 Å². The number of rotatable bonds is 0. The van der Waals surface area contributed by atoms with E-state index >= 15 is 0 Å². The Hall–Kier alpha value is -0.1000. The summed E-state index contributed by atoms with van der Waals surface area (Å²) >= 11 is 5.36. The minimum atomic E-state index is 0.192. The topological polar surface area (TPSA) is 0 Å². The minimum absolute atomic E-state index is 0.192. The first-order valence-corrected chi connectivity index (χ1v) is 8.40. The summed E-state index contributed by atoms with van der Waals surface area (Å²) in [5, 5.41) is 0. The lowest BCUT2D eigenvalue weighted by atomic mass is 9.64. The second-order valence-corrected chi connectivity index (χ2v) is 8.88. The Kier molecular flexibility index (Phi) is 2.42. The molecule has 0 aliphatic heterocycles. The van der Waals surface area contributed by atoms with E-state index in [4.69, 9.17) is 0 Å². The van der Waals surface area contributed by atoms with Crippen molar-refractivity contribution in [1.29, 1.82) is 0 Å². The Morgan fingerprint density at radius 3 is 1.17 bits per heavy atom. The highest BCUT2D eigenvalue weighted by Gasteiger charge is 2.53. The van der Waals surface area contributed by atoms with Crippen molar-refractivity contribution in [2.24, 2.45) is 0 Å². The fourth-order valence-electron chi connectivity index (χ4n) is 3.52. The van der Waals surface area contributed by atoms with Gasteiger partial charge in [0.25, 0.3) is 0 Å². The third kappa shape index (κ3) is 1.26. The quantitative estimate of drug-likeness (QED) is 0.379. The maximum atomic E-state index is 2.68. The molecule has 18 heavy (non-hydrogen) atoms. The normalized spacial score (nSPS) is 31.9. The molecule has 3 aliphatic carbocycles. The number of halogens is 2. The number of hydrogen-bond acceptors (Lipinski definition) is 0. The van der Waals surface area contributed by atoms with Crippen LogP contribution >= 0.6 is 45.2 Å². The second-order valence-electron chi connectivity index (χ2n) is 5.19. The SMILES string of the molecule is IC12CCC(I)(c3ccccc31)c1ccccc12. The highest BCUT2D eigenvalue weighted by molar-refractivity contribution is 14.1. The van der Waals surface area contributed by atoms with Gasteiger partial charge in [0, 0.05) is 0 Å². The van der Waals surface area contributed by atoms with E-state index in [1.54, 1.807) is 0 Å². The molecule has 5 rings (SSSR count). The maximum absolute atomic E-state index is 2.68. The van der Waals surface area contributed by atoms with E-state index in [0.717, 1.165) is 0 Å². The van der Waals surface area contributed by atoms with Crippen LogP contribution in [0.15, 0.2) is 48.5 Å². The van der Waals surface area contributed by atoms with Crippen molar-refractivity contribution in [3.05, 3.63) is 70.8 Å². The molecule has 0 N–H and O–H groups in total. The van der Waals surface area contributed by atoms with Gasteiger partial charge in [-0.15, -0.1) is 0 Å². The van der Waals surface area contributed by atoms with Crippen LogP contribution in [0.1, 0.15) is 35.1 Å². The highest BCUT2D eigenvalue weighted by atomic mass is 127. The molecule has 2 bridgehead atoms. The molecule has 0 unspecified atom stereocenters. The summed E-state index contributed by atoms with van der Waals surface area (Å²) in [4.78, 5) is 0.